The van der Waals surface area contributed by atoms with Crippen molar-refractivity contribution in [3.8, 4) is 0 Å². The molecule has 4 nitrogen and oxygen atoms in total. The maximum absolute atomic E-state index is 9.18. The van der Waals surface area contributed by atoms with E-state index in [-0.39, 0.29) is 14.5 Å². The van der Waals surface area contributed by atoms with E-state index in [4.69, 9.17) is 0 Å². The third-order valence-electron chi connectivity index (χ3n) is 2.49. The van der Waals surface area contributed by atoms with Crippen LogP contribution in [0.25, 0.3) is 34.6 Å². The number of nitrogens with zero attached hydrogens (tertiary/aromatic N) is 2. The number of aliphatic hydroxyl groups excluding tert-OH is 2. The van der Waals surface area contributed by atoms with E-state index in [9.17, 15) is 10.2 Å². The van der Waals surface area contributed by atoms with Crippen LogP contribution >= 0.6 is 0 Å². The summed E-state index contributed by atoms with van der Waals surface area (Å²) in [7, 11) is 0. The van der Waals surface area contributed by atoms with Crippen molar-refractivity contribution in [2.75, 3.05) is 0 Å². The molecule has 0 aliphatic rings. The Morgan fingerprint density at radius 3 is 1.76 bits per heavy atom. The fourth-order valence-electron chi connectivity index (χ4n) is 1.73. The number of benzene rings is 1. The van der Waals surface area contributed by atoms with Crippen LogP contribution in [0.5, 0.6) is 0 Å². The van der Waals surface area contributed by atoms with Crippen LogP contribution < -0.4 is 8.19 Å². The Morgan fingerprint density at radius 2 is 1.35 bits per heavy atom. The van der Waals surface area contributed by atoms with Gasteiger partial charge in [0.25, 0.3) is 0 Å². The molecule has 1 aromatic carbocycles. The second-order valence-corrected chi connectivity index (χ2v) is 5.77. The molecule has 3 aromatic rings. The van der Waals surface area contributed by atoms with Crippen molar-refractivity contribution in [2.24, 2.45) is 0 Å². The van der Waals surface area contributed by atoms with Gasteiger partial charge in [0.05, 0.1) is 0 Å². The number of para-hydroxylation sites is 2. The third-order valence-corrected chi connectivity index (χ3v) is 4.67. The summed E-state index contributed by atoms with van der Waals surface area (Å²) in [4.78, 5) is 8.96. The van der Waals surface area contributed by atoms with Gasteiger partial charge in [-0.1, -0.05) is 0 Å². The summed E-state index contributed by atoms with van der Waals surface area (Å²) in [5.41, 5.74) is 2.93. The van der Waals surface area contributed by atoms with E-state index in [1.54, 1.807) is 0 Å². The number of hydrogen-bond donors (Lipinski definition) is 2. The van der Waals surface area contributed by atoms with Gasteiger partial charge in [-0.25, -0.2) is 0 Å². The second-order valence-electron chi connectivity index (χ2n) is 3.50. The molecule has 17 heavy (non-hydrogen) atoms. The average molecular weight is 291 g/mol. The van der Waals surface area contributed by atoms with Crippen molar-refractivity contribution in [1.82, 2.24) is 9.97 Å². The van der Waals surface area contributed by atoms with E-state index in [1.807, 2.05) is 24.3 Å². The van der Waals surface area contributed by atoms with Gasteiger partial charge < -0.3 is 0 Å². The molecule has 0 saturated carbocycles. The van der Waals surface area contributed by atoms with Gasteiger partial charge in [0.15, 0.2) is 0 Å². The molecule has 0 aliphatic carbocycles. The molecule has 0 atom stereocenters. The number of hydrogen-bond acceptors (Lipinski definition) is 4. The van der Waals surface area contributed by atoms with Crippen LogP contribution in [0.15, 0.2) is 24.3 Å². The van der Waals surface area contributed by atoms with Gasteiger partial charge >= 0.3 is 102 Å². The molecule has 0 spiro atoms. The predicted octanol–water partition coefficient (Wildman–Crippen LogP) is 0.432. The molecule has 0 aliphatic heterocycles. The van der Waals surface area contributed by atoms with Crippen molar-refractivity contribution >= 4 is 49.1 Å². The van der Waals surface area contributed by atoms with Gasteiger partial charge in [-0.15, -0.1) is 0 Å². The fraction of sp³-hybridized carbons (Fsp3) is 0. The molecule has 0 amide bonds. The summed E-state index contributed by atoms with van der Waals surface area (Å²) in [5, 5.41) is 18.4. The van der Waals surface area contributed by atoms with Crippen LogP contribution in [-0.4, -0.2) is 34.7 Å². The van der Waals surface area contributed by atoms with Crippen LogP contribution in [0.4, 0.5) is 0 Å². The second kappa shape index (κ2) is 3.87. The van der Waals surface area contributed by atoms with Crippen molar-refractivity contribution in [3.05, 3.63) is 32.5 Å². The van der Waals surface area contributed by atoms with E-state index in [0.717, 1.165) is 31.7 Å². The molecule has 0 radical (unpaired) electrons. The first-order valence-corrected chi connectivity index (χ1v) is 6.69. The van der Waals surface area contributed by atoms with E-state index in [2.05, 4.69) is 9.97 Å². The van der Waals surface area contributed by atoms with Crippen LogP contribution in [0, 0.1) is 0 Å². The monoisotopic (exact) mass is 292 g/mol. The number of rotatable bonds is 0. The molecular formula is C12H8N2O2Se. The van der Waals surface area contributed by atoms with Gasteiger partial charge in [-0.05, 0) is 0 Å². The summed E-state index contributed by atoms with van der Waals surface area (Å²) in [6.07, 6.45) is 2.11. The van der Waals surface area contributed by atoms with Crippen LogP contribution in [0.3, 0.4) is 0 Å². The van der Waals surface area contributed by atoms with Crippen molar-refractivity contribution in [2.45, 2.75) is 0 Å². The molecule has 5 heteroatoms. The maximum atomic E-state index is 9.18. The molecule has 2 heterocycles. The Balaban J connectivity index is 2.63. The molecule has 2 N–H and O–H groups in total. The van der Waals surface area contributed by atoms with Crippen molar-refractivity contribution in [3.63, 3.8) is 0 Å². The van der Waals surface area contributed by atoms with Crippen LogP contribution in [0.1, 0.15) is 0 Å². The Hall–Kier alpha value is -1.84. The quantitative estimate of drug-likeness (QED) is 0.590. The Morgan fingerprint density at radius 1 is 0.882 bits per heavy atom. The molecule has 2 aromatic heterocycles. The molecule has 0 bridgehead atoms. The van der Waals surface area contributed by atoms with E-state index in [0.29, 0.717) is 11.0 Å². The van der Waals surface area contributed by atoms with Gasteiger partial charge in [0, 0.05) is 0 Å². The summed E-state index contributed by atoms with van der Waals surface area (Å²) in [6, 6.07) is 7.56. The zero-order valence-electron chi connectivity index (χ0n) is 8.66. The zero-order valence-corrected chi connectivity index (χ0v) is 10.4. The molecule has 0 unspecified atom stereocenters. The molecule has 84 valence electrons. The number of aromatic nitrogens is 2. The van der Waals surface area contributed by atoms with Crippen LogP contribution in [0.2, 0.25) is 0 Å². The average Bonchev–Trinajstić information content (AvgIpc) is 2.73. The van der Waals surface area contributed by atoms with Crippen LogP contribution in [-0.2, 0) is 0 Å². The van der Waals surface area contributed by atoms with Gasteiger partial charge in [-0.2, -0.15) is 0 Å². The first kappa shape index (κ1) is 10.3. The van der Waals surface area contributed by atoms with E-state index in [1.165, 1.54) is 0 Å². The Kier molecular flexibility index (Phi) is 2.35. The molecule has 0 fully saturated rings. The molecule has 3 rings (SSSR count). The van der Waals surface area contributed by atoms with E-state index >= 15 is 0 Å². The topological polar surface area (TPSA) is 66.2 Å². The van der Waals surface area contributed by atoms with Crippen molar-refractivity contribution in [1.29, 1.82) is 0 Å². The van der Waals surface area contributed by atoms with Crippen molar-refractivity contribution < 1.29 is 10.2 Å². The SMILES string of the molecule is O/C=c1\[se]/c(=C/O)c2nc3ccccc3nc12. The van der Waals surface area contributed by atoms with E-state index < -0.39 is 0 Å². The predicted molar refractivity (Wildman–Crippen MR) is 67.4 cm³/mol. The van der Waals surface area contributed by atoms with Gasteiger partial charge in [-0.3, -0.25) is 0 Å². The summed E-state index contributed by atoms with van der Waals surface area (Å²) in [6.45, 7) is 0. The Bertz CT molecular complexity index is 756. The Labute approximate surface area is 102 Å². The number of fused-ring (bicyclic) bond motifs is 2. The summed E-state index contributed by atoms with van der Waals surface area (Å²) < 4.78 is 1.48. The standard InChI is InChI=1S/C12H8N2O2Se/c15-5-9-11-12(10(6-16)17-9)14-8-4-2-1-3-7(8)13-11/h1-6,15-16H/b9-5-,10-6+. The molecule has 0 saturated heterocycles. The first-order chi connectivity index (χ1) is 8.33. The zero-order chi connectivity index (χ0) is 11.8. The molecular weight excluding hydrogens is 283 g/mol. The fourth-order valence-corrected chi connectivity index (χ4v) is 3.45. The summed E-state index contributed by atoms with van der Waals surface area (Å²) >= 11 is -0.136. The first-order valence-electron chi connectivity index (χ1n) is 4.97. The third kappa shape index (κ3) is 1.52. The van der Waals surface area contributed by atoms with Gasteiger partial charge in [0.2, 0.25) is 0 Å². The number of aliphatic hydroxyl groups is 2. The normalized spacial score (nSPS) is 13.9. The minimum atomic E-state index is -0.136. The van der Waals surface area contributed by atoms with Gasteiger partial charge in [0.1, 0.15) is 0 Å². The summed E-state index contributed by atoms with van der Waals surface area (Å²) in [5.74, 6) is 0. The minimum absolute atomic E-state index is 0.136.